The molecule has 0 amide bonds. The van der Waals surface area contributed by atoms with Gasteiger partial charge >= 0.3 is 5.69 Å². The lowest BCUT2D eigenvalue weighted by Crippen LogP contribution is -2.33. The van der Waals surface area contributed by atoms with Crippen LogP contribution in [0.2, 0.25) is 0 Å². The number of fused-ring (bicyclic) bond motifs is 1. The highest BCUT2D eigenvalue weighted by Crippen LogP contribution is 2.43. The molecule has 1 N–H and O–H groups in total. The summed E-state index contributed by atoms with van der Waals surface area (Å²) < 4.78 is 0. The number of aromatic nitrogens is 2. The van der Waals surface area contributed by atoms with Gasteiger partial charge in [-0.05, 0) is 24.5 Å². The predicted molar refractivity (Wildman–Crippen MR) is 96.6 cm³/mol. The zero-order chi connectivity index (χ0) is 19.7. The molecule has 2 aromatic rings. The smallest absolute Gasteiger partial charge is 0.302 e. The molecule has 0 aliphatic carbocycles. The van der Waals surface area contributed by atoms with E-state index in [2.05, 4.69) is 9.97 Å². The Morgan fingerprint density at radius 2 is 2.04 bits per heavy atom. The van der Waals surface area contributed by atoms with Crippen molar-refractivity contribution in [3.8, 4) is 0 Å². The number of nitro benzene ring substituents is 2. The van der Waals surface area contributed by atoms with Gasteiger partial charge in [-0.15, -0.1) is 0 Å². The summed E-state index contributed by atoms with van der Waals surface area (Å²) in [5, 5.41) is 32.8. The summed E-state index contributed by atoms with van der Waals surface area (Å²) in [4.78, 5) is 32.4. The molecule has 0 bridgehead atoms. The molecule has 10 heteroatoms. The number of nitro groups is 2. The summed E-state index contributed by atoms with van der Waals surface area (Å²) in [6.07, 6.45) is 2.94. The van der Waals surface area contributed by atoms with Crippen LogP contribution in [0.1, 0.15) is 35.1 Å². The Bertz CT molecular complexity index is 930. The molecule has 3 rings (SSSR count). The number of hydrogen-bond acceptors (Lipinski definition) is 8. The summed E-state index contributed by atoms with van der Waals surface area (Å²) in [5.74, 6) is 0.659. The van der Waals surface area contributed by atoms with Crippen LogP contribution in [-0.2, 0) is 26.0 Å². The van der Waals surface area contributed by atoms with Gasteiger partial charge in [-0.3, -0.25) is 20.2 Å². The van der Waals surface area contributed by atoms with Gasteiger partial charge in [0.25, 0.3) is 5.69 Å². The van der Waals surface area contributed by atoms with Gasteiger partial charge in [0.1, 0.15) is 5.82 Å². The predicted octanol–water partition coefficient (Wildman–Crippen LogP) is 2.22. The summed E-state index contributed by atoms with van der Waals surface area (Å²) in [5.41, 5.74) is 1.29. The van der Waals surface area contributed by atoms with E-state index >= 15 is 0 Å². The number of anilines is 1. The number of aliphatic hydroxyl groups is 1. The van der Waals surface area contributed by atoms with Crippen LogP contribution in [0.25, 0.3) is 0 Å². The molecule has 0 saturated carbocycles. The van der Waals surface area contributed by atoms with Crippen molar-refractivity contribution < 1.29 is 15.0 Å². The van der Waals surface area contributed by atoms with Crippen molar-refractivity contribution in [1.29, 1.82) is 0 Å². The first-order chi connectivity index (χ1) is 12.9. The van der Waals surface area contributed by atoms with E-state index in [1.54, 1.807) is 11.1 Å². The third-order valence-electron chi connectivity index (χ3n) is 4.79. The average molecular weight is 373 g/mol. The van der Waals surface area contributed by atoms with Crippen LogP contribution >= 0.6 is 0 Å². The molecule has 27 heavy (non-hydrogen) atoms. The molecule has 0 spiro atoms. The van der Waals surface area contributed by atoms with Gasteiger partial charge < -0.3 is 10.0 Å². The van der Waals surface area contributed by atoms with E-state index in [4.69, 9.17) is 0 Å². The van der Waals surface area contributed by atoms with Gasteiger partial charge in [0.15, 0.2) is 5.69 Å². The molecule has 0 unspecified atom stereocenters. The van der Waals surface area contributed by atoms with Crippen LogP contribution in [0, 0.1) is 27.2 Å². The lowest BCUT2D eigenvalue weighted by atomic mass is 10.0. The molecule has 2 heterocycles. The molecule has 142 valence electrons. The fraction of sp³-hybridized carbons (Fsp3) is 0.412. The van der Waals surface area contributed by atoms with Crippen LogP contribution in [0.15, 0.2) is 12.3 Å². The molecule has 0 fully saturated rings. The van der Waals surface area contributed by atoms with E-state index in [1.165, 1.54) is 13.0 Å². The first-order valence-corrected chi connectivity index (χ1v) is 8.52. The van der Waals surface area contributed by atoms with Crippen molar-refractivity contribution in [2.24, 2.45) is 0 Å². The van der Waals surface area contributed by atoms with Crippen molar-refractivity contribution in [2.75, 3.05) is 11.4 Å². The van der Waals surface area contributed by atoms with E-state index in [9.17, 15) is 25.3 Å². The van der Waals surface area contributed by atoms with E-state index < -0.39 is 16.5 Å². The van der Waals surface area contributed by atoms with Crippen LogP contribution < -0.4 is 4.90 Å². The van der Waals surface area contributed by atoms with Crippen LogP contribution in [0.4, 0.5) is 17.1 Å². The van der Waals surface area contributed by atoms with Crippen molar-refractivity contribution in [1.82, 2.24) is 9.97 Å². The van der Waals surface area contributed by atoms with Gasteiger partial charge in [0.2, 0.25) is 0 Å². The number of benzene rings is 1. The van der Waals surface area contributed by atoms with E-state index in [-0.39, 0.29) is 34.7 Å². The molecule has 10 nitrogen and oxygen atoms in total. The number of rotatable bonds is 5. The van der Waals surface area contributed by atoms with Gasteiger partial charge in [-0.2, -0.15) is 0 Å². The zero-order valence-corrected chi connectivity index (χ0v) is 15.0. The van der Waals surface area contributed by atoms with E-state index in [0.717, 1.165) is 11.3 Å². The third-order valence-corrected chi connectivity index (χ3v) is 4.79. The normalized spacial score (nSPS) is 13.4. The summed E-state index contributed by atoms with van der Waals surface area (Å²) >= 11 is 0. The van der Waals surface area contributed by atoms with Crippen LogP contribution in [0.3, 0.4) is 0 Å². The molecular weight excluding hydrogens is 354 g/mol. The minimum Gasteiger partial charge on any atom is -0.392 e. The summed E-state index contributed by atoms with van der Waals surface area (Å²) in [7, 11) is 0. The Kier molecular flexibility index (Phi) is 5.00. The molecule has 1 aliphatic heterocycles. The van der Waals surface area contributed by atoms with Gasteiger partial charge in [-0.1, -0.05) is 6.92 Å². The zero-order valence-electron chi connectivity index (χ0n) is 15.0. The number of aryl methyl sites for hydroxylation is 1. The molecular formula is C17H19N5O5. The summed E-state index contributed by atoms with van der Waals surface area (Å²) in [6, 6.07) is 1.21. The van der Waals surface area contributed by atoms with Gasteiger partial charge in [0, 0.05) is 30.8 Å². The Balaban J connectivity index is 2.17. The van der Waals surface area contributed by atoms with Crippen LogP contribution in [-0.4, -0.2) is 31.5 Å². The highest BCUT2D eigenvalue weighted by atomic mass is 16.6. The van der Waals surface area contributed by atoms with Crippen molar-refractivity contribution in [2.45, 2.75) is 39.8 Å². The second kappa shape index (κ2) is 7.23. The highest BCUT2D eigenvalue weighted by molar-refractivity contribution is 5.79. The van der Waals surface area contributed by atoms with Gasteiger partial charge in [0.05, 0.1) is 28.7 Å². The fourth-order valence-electron chi connectivity index (χ4n) is 3.34. The standard InChI is InChI=1S/C17H19N5O5/c1-3-15-18-7-11-4-5-20(8-13(11)19-15)17-14(21(24)25)6-12(9-23)10(2)16(17)22(26)27/h6-7,23H,3-5,8-9H2,1-2H3. The Labute approximate surface area is 154 Å². The maximum atomic E-state index is 11.7. The lowest BCUT2D eigenvalue weighted by Gasteiger charge is -2.29. The Morgan fingerprint density at radius 1 is 1.30 bits per heavy atom. The fourth-order valence-corrected chi connectivity index (χ4v) is 3.34. The topological polar surface area (TPSA) is 136 Å². The highest BCUT2D eigenvalue weighted by Gasteiger charge is 2.35. The molecule has 0 saturated heterocycles. The largest absolute Gasteiger partial charge is 0.392 e. The van der Waals surface area contributed by atoms with E-state index in [0.29, 0.717) is 25.2 Å². The van der Waals surface area contributed by atoms with Crippen molar-refractivity contribution in [3.63, 3.8) is 0 Å². The second-order valence-corrected chi connectivity index (χ2v) is 6.33. The third kappa shape index (κ3) is 3.31. The molecule has 0 atom stereocenters. The number of hydrogen-bond donors (Lipinski definition) is 1. The molecule has 1 aromatic heterocycles. The molecule has 1 aliphatic rings. The first-order valence-electron chi connectivity index (χ1n) is 8.52. The Hall–Kier alpha value is -3.14. The van der Waals surface area contributed by atoms with Crippen molar-refractivity contribution >= 4 is 17.1 Å². The SMILES string of the molecule is CCc1ncc2c(n1)CN(c1c([N+](=O)[O-])cc(CO)c(C)c1[N+](=O)[O-])CC2. The lowest BCUT2D eigenvalue weighted by molar-refractivity contribution is -0.393. The number of nitrogens with zero attached hydrogens (tertiary/aromatic N) is 5. The monoisotopic (exact) mass is 373 g/mol. The molecule has 1 aromatic carbocycles. The van der Waals surface area contributed by atoms with Crippen LogP contribution in [0.5, 0.6) is 0 Å². The minimum absolute atomic E-state index is 0.0398. The number of aliphatic hydroxyl groups excluding tert-OH is 1. The first kappa shape index (κ1) is 18.6. The van der Waals surface area contributed by atoms with E-state index in [1.807, 2.05) is 6.92 Å². The second-order valence-electron chi connectivity index (χ2n) is 6.33. The maximum Gasteiger partial charge on any atom is 0.302 e. The van der Waals surface area contributed by atoms with Crippen molar-refractivity contribution in [3.05, 3.63) is 60.7 Å². The average Bonchev–Trinajstić information content (AvgIpc) is 2.66. The minimum atomic E-state index is -0.645. The Morgan fingerprint density at radius 3 is 2.63 bits per heavy atom. The van der Waals surface area contributed by atoms with Gasteiger partial charge in [-0.25, -0.2) is 9.97 Å². The summed E-state index contributed by atoms with van der Waals surface area (Å²) in [6.45, 7) is 3.51. The maximum absolute atomic E-state index is 11.7. The molecule has 0 radical (unpaired) electrons. The quantitative estimate of drug-likeness (QED) is 0.622.